The summed E-state index contributed by atoms with van der Waals surface area (Å²) in [4.78, 5) is 7.71. The van der Waals surface area contributed by atoms with Crippen LogP contribution < -0.4 is 10.6 Å². The van der Waals surface area contributed by atoms with Crippen LogP contribution in [0.2, 0.25) is 0 Å². The third-order valence-corrected chi connectivity index (χ3v) is 3.60. The lowest BCUT2D eigenvalue weighted by Gasteiger charge is -2.10. The van der Waals surface area contributed by atoms with Crippen LogP contribution >= 0.6 is 0 Å². The SMILES string of the molecule is N#Cc1nc(NCCS(=O)(=O)O)c(C#N)nc1NCCS(=O)O. The molecule has 0 saturated carbocycles. The van der Waals surface area contributed by atoms with Crippen molar-refractivity contribution in [3.05, 3.63) is 11.4 Å². The van der Waals surface area contributed by atoms with Crippen molar-refractivity contribution in [3.8, 4) is 12.1 Å². The molecule has 0 bridgehead atoms. The summed E-state index contributed by atoms with van der Waals surface area (Å²) >= 11 is -2.02. The van der Waals surface area contributed by atoms with Gasteiger partial charge in [0.25, 0.3) is 10.1 Å². The van der Waals surface area contributed by atoms with Crippen molar-refractivity contribution in [2.45, 2.75) is 0 Å². The van der Waals surface area contributed by atoms with Crippen molar-refractivity contribution in [1.29, 1.82) is 10.5 Å². The van der Waals surface area contributed by atoms with Crippen LogP contribution in [-0.4, -0.2) is 56.3 Å². The highest BCUT2D eigenvalue weighted by atomic mass is 32.2. The van der Waals surface area contributed by atoms with Crippen LogP contribution in [0.1, 0.15) is 11.4 Å². The van der Waals surface area contributed by atoms with Crippen LogP contribution in [0.25, 0.3) is 0 Å². The van der Waals surface area contributed by atoms with Gasteiger partial charge < -0.3 is 15.2 Å². The number of anilines is 2. The van der Waals surface area contributed by atoms with Gasteiger partial charge in [-0.1, -0.05) is 0 Å². The van der Waals surface area contributed by atoms with Gasteiger partial charge in [-0.15, -0.1) is 0 Å². The Labute approximate surface area is 134 Å². The molecule has 11 nitrogen and oxygen atoms in total. The van der Waals surface area contributed by atoms with Crippen LogP contribution in [0.15, 0.2) is 0 Å². The molecule has 1 unspecified atom stereocenters. The van der Waals surface area contributed by atoms with E-state index in [9.17, 15) is 12.6 Å². The monoisotopic (exact) mass is 360 g/mol. The summed E-state index contributed by atoms with van der Waals surface area (Å²) in [6.45, 7) is -0.198. The van der Waals surface area contributed by atoms with Crippen molar-refractivity contribution in [1.82, 2.24) is 9.97 Å². The number of nitrogens with zero attached hydrogens (tertiary/aromatic N) is 4. The van der Waals surface area contributed by atoms with E-state index in [-0.39, 0.29) is 41.9 Å². The quantitative estimate of drug-likeness (QED) is 0.334. The van der Waals surface area contributed by atoms with Gasteiger partial charge in [0.15, 0.2) is 34.1 Å². The Hall–Kier alpha value is -2.32. The Bertz CT molecular complexity index is 782. The third-order valence-electron chi connectivity index (χ3n) is 2.33. The maximum Gasteiger partial charge on any atom is 0.266 e. The zero-order valence-corrected chi connectivity index (χ0v) is 13.2. The van der Waals surface area contributed by atoms with E-state index in [0.29, 0.717) is 0 Å². The Morgan fingerprint density at radius 3 is 1.96 bits per heavy atom. The average molecular weight is 360 g/mol. The van der Waals surface area contributed by atoms with E-state index >= 15 is 0 Å². The van der Waals surface area contributed by atoms with Gasteiger partial charge in [-0.3, -0.25) is 4.55 Å². The highest BCUT2D eigenvalue weighted by Gasteiger charge is 2.14. The van der Waals surface area contributed by atoms with Gasteiger partial charge in [0.1, 0.15) is 12.1 Å². The number of hydrogen-bond acceptors (Lipinski definition) is 9. The van der Waals surface area contributed by atoms with Gasteiger partial charge >= 0.3 is 0 Å². The average Bonchev–Trinajstić information content (AvgIpc) is 2.46. The highest BCUT2D eigenvalue weighted by molar-refractivity contribution is 7.85. The van der Waals surface area contributed by atoms with E-state index in [4.69, 9.17) is 19.6 Å². The molecule has 1 aromatic heterocycles. The van der Waals surface area contributed by atoms with Crippen LogP contribution in [-0.2, 0) is 21.2 Å². The van der Waals surface area contributed by atoms with Gasteiger partial charge in [-0.25, -0.2) is 14.2 Å². The molecule has 0 fully saturated rings. The van der Waals surface area contributed by atoms with E-state index in [0.717, 1.165) is 0 Å². The number of nitriles is 2. The second-order valence-corrected chi connectivity index (χ2v) is 6.63. The minimum atomic E-state index is -4.18. The first-order valence-electron chi connectivity index (χ1n) is 5.99. The van der Waals surface area contributed by atoms with Crippen molar-refractivity contribution in [2.75, 3.05) is 35.2 Å². The molecule has 1 heterocycles. The minimum Gasteiger partial charge on any atom is -0.367 e. The van der Waals surface area contributed by atoms with E-state index in [1.807, 2.05) is 0 Å². The van der Waals surface area contributed by atoms with Crippen LogP contribution in [0.4, 0.5) is 11.6 Å². The van der Waals surface area contributed by atoms with Gasteiger partial charge in [0.05, 0.1) is 11.5 Å². The molecule has 1 aromatic rings. The lowest BCUT2D eigenvalue weighted by molar-refractivity contribution is 0.484. The summed E-state index contributed by atoms with van der Waals surface area (Å²) in [6, 6.07) is 3.47. The number of aromatic nitrogens is 2. The number of rotatable bonds is 8. The second kappa shape index (κ2) is 8.35. The molecule has 0 aliphatic rings. The molecule has 0 aromatic carbocycles. The normalized spacial score (nSPS) is 12.0. The smallest absolute Gasteiger partial charge is 0.266 e. The molecule has 13 heteroatoms. The molecule has 23 heavy (non-hydrogen) atoms. The minimum absolute atomic E-state index is 0.0326. The Morgan fingerprint density at radius 2 is 1.57 bits per heavy atom. The highest BCUT2D eigenvalue weighted by Crippen LogP contribution is 2.16. The number of hydrogen-bond donors (Lipinski definition) is 4. The summed E-state index contributed by atoms with van der Waals surface area (Å²) < 4.78 is 49.1. The summed E-state index contributed by atoms with van der Waals surface area (Å²) in [5, 5.41) is 23.1. The zero-order chi connectivity index (χ0) is 17.5. The first-order valence-corrected chi connectivity index (χ1v) is 8.88. The Kier molecular flexibility index (Phi) is 6.80. The molecule has 124 valence electrons. The van der Waals surface area contributed by atoms with E-state index in [1.165, 1.54) is 0 Å². The molecule has 0 radical (unpaired) electrons. The maximum absolute atomic E-state index is 10.6. The summed E-state index contributed by atoms with van der Waals surface area (Å²) in [5.41, 5.74) is -0.381. The molecule has 0 spiro atoms. The molecular weight excluding hydrogens is 348 g/mol. The van der Waals surface area contributed by atoms with Crippen molar-refractivity contribution < 1.29 is 21.7 Å². The molecule has 0 aliphatic heterocycles. The summed E-state index contributed by atoms with van der Waals surface area (Å²) in [5.74, 6) is -0.856. The molecule has 0 saturated heterocycles. The van der Waals surface area contributed by atoms with Crippen LogP contribution in [0.3, 0.4) is 0 Å². The van der Waals surface area contributed by atoms with Crippen molar-refractivity contribution in [3.63, 3.8) is 0 Å². The lowest BCUT2D eigenvalue weighted by Crippen LogP contribution is -2.18. The van der Waals surface area contributed by atoms with Crippen molar-refractivity contribution >= 4 is 32.8 Å². The fourth-order valence-corrected chi connectivity index (χ4v) is 2.03. The Balaban J connectivity index is 2.95. The van der Waals surface area contributed by atoms with E-state index in [1.54, 1.807) is 12.1 Å². The summed E-state index contributed by atoms with van der Waals surface area (Å²) in [7, 11) is -4.18. The van der Waals surface area contributed by atoms with Crippen LogP contribution in [0, 0.1) is 22.7 Å². The van der Waals surface area contributed by atoms with E-state index < -0.39 is 27.0 Å². The predicted octanol–water partition coefficient (Wildman–Crippen LogP) is -0.847. The van der Waals surface area contributed by atoms with Gasteiger partial charge in [0.2, 0.25) is 0 Å². The fraction of sp³-hybridized carbons (Fsp3) is 0.400. The molecule has 0 amide bonds. The largest absolute Gasteiger partial charge is 0.367 e. The maximum atomic E-state index is 10.6. The first-order chi connectivity index (χ1) is 10.8. The van der Waals surface area contributed by atoms with Crippen molar-refractivity contribution in [2.24, 2.45) is 0 Å². The van der Waals surface area contributed by atoms with Gasteiger partial charge in [0, 0.05) is 13.1 Å². The lowest BCUT2D eigenvalue weighted by atomic mass is 10.3. The first kappa shape index (κ1) is 18.7. The zero-order valence-electron chi connectivity index (χ0n) is 11.6. The molecule has 0 aliphatic carbocycles. The predicted molar refractivity (Wildman–Crippen MR) is 80.5 cm³/mol. The fourth-order valence-electron chi connectivity index (χ4n) is 1.39. The third kappa shape index (κ3) is 6.54. The second-order valence-electron chi connectivity index (χ2n) is 4.01. The molecule has 1 atom stereocenters. The number of nitrogens with one attached hydrogen (secondary N) is 2. The van der Waals surface area contributed by atoms with E-state index in [2.05, 4.69) is 20.6 Å². The standard InChI is InChI=1S/C10H12N6O5S2/c11-5-7-9(13-1-3-22(17)18)15-8(6-12)10(16-7)14-2-4-23(19,20)21/h1-4H2,(H,13,15)(H,14,16)(H,17,18)(H,19,20,21). The van der Waals surface area contributed by atoms with Gasteiger partial charge in [-0.05, 0) is 0 Å². The van der Waals surface area contributed by atoms with Crippen LogP contribution in [0.5, 0.6) is 0 Å². The molecule has 4 N–H and O–H groups in total. The topological polar surface area (TPSA) is 189 Å². The Morgan fingerprint density at radius 1 is 1.09 bits per heavy atom. The molecular formula is C10H12N6O5S2. The molecule has 1 rings (SSSR count). The van der Waals surface area contributed by atoms with Gasteiger partial charge in [-0.2, -0.15) is 18.9 Å². The summed E-state index contributed by atoms with van der Waals surface area (Å²) in [6.07, 6.45) is 0.